The van der Waals surface area contributed by atoms with Gasteiger partial charge in [-0.2, -0.15) is 0 Å². The number of carboxylic acid groups (broad SMARTS) is 1. The van der Waals surface area contributed by atoms with Crippen LogP contribution in [0.3, 0.4) is 0 Å². The van der Waals surface area contributed by atoms with E-state index in [4.69, 9.17) is 5.11 Å². The van der Waals surface area contributed by atoms with Crippen LogP contribution in [-0.4, -0.2) is 22.9 Å². The van der Waals surface area contributed by atoms with Gasteiger partial charge in [-0.3, -0.25) is 9.59 Å². The number of benzene rings is 1. The third-order valence-corrected chi connectivity index (χ3v) is 4.23. The number of rotatable bonds is 2. The zero-order valence-corrected chi connectivity index (χ0v) is 10.9. The summed E-state index contributed by atoms with van der Waals surface area (Å²) >= 11 is 0. The zero-order valence-electron chi connectivity index (χ0n) is 10.9. The molecule has 2 unspecified atom stereocenters. The average Bonchev–Trinajstić information content (AvgIpc) is 2.81. The molecule has 1 aromatic carbocycles. The van der Waals surface area contributed by atoms with E-state index in [0.29, 0.717) is 0 Å². The Morgan fingerprint density at radius 3 is 2.30 bits per heavy atom. The van der Waals surface area contributed by atoms with Gasteiger partial charge in [0.05, 0.1) is 23.1 Å². The predicted octanol–water partition coefficient (Wildman–Crippen LogP) is 1.67. The van der Waals surface area contributed by atoms with E-state index in [-0.39, 0.29) is 16.7 Å². The number of halogens is 1. The number of carboxylic acids is 1. The SMILES string of the molecule is CC1(C)C2C(=O)N(c3cc(C(=O)O)ccc3F)C(=O)C21. The Bertz CT molecular complexity index is 643. The van der Waals surface area contributed by atoms with Gasteiger partial charge in [-0.15, -0.1) is 0 Å². The molecule has 0 bridgehead atoms. The Hall–Kier alpha value is -2.24. The fraction of sp³-hybridized carbons (Fsp3) is 0.357. The second-order valence-corrected chi connectivity index (χ2v) is 5.76. The Morgan fingerprint density at radius 2 is 1.80 bits per heavy atom. The number of carbonyl (C=O) groups is 3. The van der Waals surface area contributed by atoms with Crippen LogP contribution < -0.4 is 4.90 Å². The molecule has 1 aliphatic heterocycles. The first-order valence-electron chi connectivity index (χ1n) is 6.17. The summed E-state index contributed by atoms with van der Waals surface area (Å²) in [6.45, 7) is 3.64. The highest BCUT2D eigenvalue weighted by atomic mass is 19.1. The summed E-state index contributed by atoms with van der Waals surface area (Å²) in [5.41, 5.74) is -0.823. The lowest BCUT2D eigenvalue weighted by molar-refractivity contribution is -0.125. The molecule has 1 aliphatic carbocycles. The van der Waals surface area contributed by atoms with Crippen molar-refractivity contribution in [3.05, 3.63) is 29.6 Å². The Kier molecular flexibility index (Phi) is 2.33. The van der Waals surface area contributed by atoms with Crippen molar-refractivity contribution < 1.29 is 23.9 Å². The molecule has 0 aromatic heterocycles. The molecule has 5 nitrogen and oxygen atoms in total. The number of anilines is 1. The van der Waals surface area contributed by atoms with Crippen molar-refractivity contribution in [1.82, 2.24) is 0 Å². The van der Waals surface area contributed by atoms with Crippen LogP contribution in [0.15, 0.2) is 18.2 Å². The van der Waals surface area contributed by atoms with Crippen molar-refractivity contribution in [3.8, 4) is 0 Å². The number of carbonyl (C=O) groups excluding carboxylic acids is 2. The second kappa shape index (κ2) is 3.65. The molecule has 3 rings (SSSR count). The van der Waals surface area contributed by atoms with Gasteiger partial charge in [-0.25, -0.2) is 14.1 Å². The normalized spacial score (nSPS) is 26.6. The zero-order chi connectivity index (χ0) is 14.8. The predicted molar refractivity (Wildman–Crippen MR) is 66.6 cm³/mol. The molecule has 1 saturated heterocycles. The maximum atomic E-state index is 13.8. The van der Waals surface area contributed by atoms with Crippen LogP contribution in [0.1, 0.15) is 24.2 Å². The number of imide groups is 1. The highest BCUT2D eigenvalue weighted by Gasteiger charge is 2.72. The van der Waals surface area contributed by atoms with Gasteiger partial charge in [0.25, 0.3) is 0 Å². The van der Waals surface area contributed by atoms with E-state index >= 15 is 0 Å². The fourth-order valence-corrected chi connectivity index (χ4v) is 3.00. The van der Waals surface area contributed by atoms with E-state index in [1.54, 1.807) is 0 Å². The van der Waals surface area contributed by atoms with Gasteiger partial charge in [0.2, 0.25) is 11.8 Å². The van der Waals surface area contributed by atoms with Crippen LogP contribution in [0.5, 0.6) is 0 Å². The number of piperidine rings is 1. The summed E-state index contributed by atoms with van der Waals surface area (Å²) in [5.74, 6) is -3.78. The average molecular weight is 277 g/mol. The van der Waals surface area contributed by atoms with E-state index in [0.717, 1.165) is 23.1 Å². The number of fused-ring (bicyclic) bond motifs is 1. The molecule has 1 saturated carbocycles. The first kappa shape index (κ1) is 12.8. The Balaban J connectivity index is 2.03. The summed E-state index contributed by atoms with van der Waals surface area (Å²) in [5, 5.41) is 8.91. The van der Waals surface area contributed by atoms with E-state index in [9.17, 15) is 18.8 Å². The smallest absolute Gasteiger partial charge is 0.335 e. The van der Waals surface area contributed by atoms with Crippen molar-refractivity contribution in [2.24, 2.45) is 17.3 Å². The minimum atomic E-state index is -1.24. The van der Waals surface area contributed by atoms with E-state index < -0.39 is 35.4 Å². The first-order chi connectivity index (χ1) is 9.26. The van der Waals surface area contributed by atoms with Crippen molar-refractivity contribution >= 4 is 23.5 Å². The van der Waals surface area contributed by atoms with Crippen LogP contribution in [-0.2, 0) is 9.59 Å². The first-order valence-corrected chi connectivity index (χ1v) is 6.17. The molecule has 0 radical (unpaired) electrons. The molecule has 2 aliphatic rings. The molecule has 2 atom stereocenters. The molecule has 104 valence electrons. The quantitative estimate of drug-likeness (QED) is 0.834. The van der Waals surface area contributed by atoms with Crippen LogP contribution >= 0.6 is 0 Å². The molecular formula is C14H12FNO4. The highest BCUT2D eigenvalue weighted by Crippen LogP contribution is 2.63. The van der Waals surface area contributed by atoms with Crippen molar-refractivity contribution in [1.29, 1.82) is 0 Å². The number of amides is 2. The summed E-state index contributed by atoms with van der Waals surface area (Å²) in [4.78, 5) is 36.1. The van der Waals surface area contributed by atoms with Gasteiger partial charge in [0, 0.05) is 0 Å². The van der Waals surface area contributed by atoms with Crippen molar-refractivity contribution in [2.75, 3.05) is 4.90 Å². The molecule has 2 amide bonds. The fourth-order valence-electron chi connectivity index (χ4n) is 3.00. The van der Waals surface area contributed by atoms with Gasteiger partial charge >= 0.3 is 5.97 Å². The van der Waals surface area contributed by atoms with Crippen LogP contribution in [0, 0.1) is 23.1 Å². The summed E-state index contributed by atoms with van der Waals surface area (Å²) in [6.07, 6.45) is 0. The number of nitrogens with zero attached hydrogens (tertiary/aromatic N) is 1. The summed E-state index contributed by atoms with van der Waals surface area (Å²) in [7, 11) is 0. The molecular weight excluding hydrogens is 265 g/mol. The minimum absolute atomic E-state index is 0.165. The maximum Gasteiger partial charge on any atom is 0.335 e. The van der Waals surface area contributed by atoms with E-state index in [1.807, 2.05) is 13.8 Å². The van der Waals surface area contributed by atoms with Crippen LogP contribution in [0.2, 0.25) is 0 Å². The van der Waals surface area contributed by atoms with Crippen LogP contribution in [0.25, 0.3) is 0 Å². The number of hydrogen-bond acceptors (Lipinski definition) is 3. The monoisotopic (exact) mass is 277 g/mol. The molecule has 20 heavy (non-hydrogen) atoms. The third-order valence-electron chi connectivity index (χ3n) is 4.23. The van der Waals surface area contributed by atoms with Crippen molar-refractivity contribution in [2.45, 2.75) is 13.8 Å². The molecule has 2 fully saturated rings. The summed E-state index contributed by atoms with van der Waals surface area (Å²) in [6, 6.07) is 3.07. The minimum Gasteiger partial charge on any atom is -0.478 e. The van der Waals surface area contributed by atoms with Crippen LogP contribution in [0.4, 0.5) is 10.1 Å². The number of hydrogen-bond donors (Lipinski definition) is 1. The topological polar surface area (TPSA) is 74.7 Å². The Morgan fingerprint density at radius 1 is 1.25 bits per heavy atom. The van der Waals surface area contributed by atoms with Gasteiger partial charge < -0.3 is 5.11 Å². The molecule has 1 N–H and O–H groups in total. The lowest BCUT2D eigenvalue weighted by Gasteiger charge is -2.21. The molecule has 1 heterocycles. The number of aromatic carboxylic acids is 1. The lowest BCUT2D eigenvalue weighted by atomic mass is 10.0. The van der Waals surface area contributed by atoms with Gasteiger partial charge in [-0.05, 0) is 23.6 Å². The van der Waals surface area contributed by atoms with Crippen molar-refractivity contribution in [3.63, 3.8) is 0 Å². The van der Waals surface area contributed by atoms with Gasteiger partial charge in [-0.1, -0.05) is 13.8 Å². The summed E-state index contributed by atoms with van der Waals surface area (Å²) < 4.78 is 13.8. The maximum absolute atomic E-state index is 13.8. The standard InChI is InChI=1S/C14H12FNO4/c1-14(2)9-10(14)12(18)16(11(9)17)8-5-6(13(19)20)3-4-7(8)15/h3-5,9-10H,1-2H3,(H,19,20). The van der Waals surface area contributed by atoms with Gasteiger partial charge in [0.1, 0.15) is 5.82 Å². The molecule has 0 spiro atoms. The molecule has 1 aromatic rings. The third kappa shape index (κ3) is 1.44. The Labute approximate surface area is 114 Å². The lowest BCUT2D eigenvalue weighted by Crippen LogP contribution is -2.37. The second-order valence-electron chi connectivity index (χ2n) is 5.76. The molecule has 6 heteroatoms. The van der Waals surface area contributed by atoms with E-state index in [2.05, 4.69) is 0 Å². The highest BCUT2D eigenvalue weighted by molar-refractivity contribution is 6.25. The van der Waals surface area contributed by atoms with E-state index in [1.165, 1.54) is 0 Å². The van der Waals surface area contributed by atoms with Gasteiger partial charge in [0.15, 0.2) is 0 Å². The largest absolute Gasteiger partial charge is 0.478 e.